The summed E-state index contributed by atoms with van der Waals surface area (Å²) in [4.78, 5) is 11.6. The Balaban J connectivity index is 1.99. The summed E-state index contributed by atoms with van der Waals surface area (Å²) in [5.41, 5.74) is 4.23. The zero-order valence-electron chi connectivity index (χ0n) is 12.6. The lowest BCUT2D eigenvalue weighted by atomic mass is 10.1. The van der Waals surface area contributed by atoms with Crippen LogP contribution < -0.4 is 5.32 Å². The number of hydrogen-bond acceptors (Lipinski definition) is 3. The van der Waals surface area contributed by atoms with Gasteiger partial charge in [-0.2, -0.15) is 0 Å². The van der Waals surface area contributed by atoms with Crippen LogP contribution in [0.5, 0.6) is 0 Å². The first-order valence-corrected chi connectivity index (χ1v) is 7.32. The summed E-state index contributed by atoms with van der Waals surface area (Å²) < 4.78 is 4.97. The molecular weight excluding hydrogens is 262 g/mol. The smallest absolute Gasteiger partial charge is 0.338 e. The van der Waals surface area contributed by atoms with Crippen LogP contribution in [0, 0.1) is 0 Å². The van der Waals surface area contributed by atoms with Crippen molar-refractivity contribution < 1.29 is 9.53 Å². The lowest BCUT2D eigenvalue weighted by molar-refractivity contribution is 0.0526. The number of nitrogens with one attached hydrogen (secondary N) is 1. The van der Waals surface area contributed by atoms with E-state index in [1.54, 1.807) is 19.1 Å². The first-order valence-electron chi connectivity index (χ1n) is 7.32. The van der Waals surface area contributed by atoms with Crippen LogP contribution >= 0.6 is 0 Å². The molecule has 0 amide bonds. The number of ether oxygens (including phenoxy) is 1. The maximum absolute atomic E-state index is 11.6. The first kappa shape index (κ1) is 15.1. The van der Waals surface area contributed by atoms with Gasteiger partial charge < -0.3 is 10.1 Å². The van der Waals surface area contributed by atoms with Gasteiger partial charge in [0.1, 0.15) is 0 Å². The SMILES string of the molecule is CCOC(=O)c1ccc(NCc2ccccc2CC)cc1. The van der Waals surface area contributed by atoms with Gasteiger partial charge in [0, 0.05) is 12.2 Å². The Bertz CT molecular complexity index is 590. The molecule has 0 aliphatic rings. The summed E-state index contributed by atoms with van der Waals surface area (Å²) in [5.74, 6) is -0.277. The highest BCUT2D eigenvalue weighted by Gasteiger charge is 2.05. The second kappa shape index (κ2) is 7.48. The van der Waals surface area contributed by atoms with E-state index in [0.29, 0.717) is 12.2 Å². The van der Waals surface area contributed by atoms with Crippen LogP contribution in [0.3, 0.4) is 0 Å². The quantitative estimate of drug-likeness (QED) is 0.813. The molecule has 2 aromatic rings. The minimum atomic E-state index is -0.277. The van der Waals surface area contributed by atoms with Crippen LogP contribution in [0.1, 0.15) is 35.3 Å². The fraction of sp³-hybridized carbons (Fsp3) is 0.278. The van der Waals surface area contributed by atoms with Crippen LogP contribution in [-0.4, -0.2) is 12.6 Å². The van der Waals surface area contributed by atoms with Crippen molar-refractivity contribution in [3.05, 3.63) is 65.2 Å². The normalized spacial score (nSPS) is 10.2. The largest absolute Gasteiger partial charge is 0.462 e. The van der Waals surface area contributed by atoms with E-state index in [4.69, 9.17) is 4.74 Å². The number of carbonyl (C=O) groups excluding carboxylic acids is 1. The Morgan fingerprint density at radius 2 is 1.67 bits per heavy atom. The van der Waals surface area contributed by atoms with E-state index in [9.17, 15) is 4.79 Å². The third-order valence-corrected chi connectivity index (χ3v) is 3.38. The average molecular weight is 283 g/mol. The highest BCUT2D eigenvalue weighted by atomic mass is 16.5. The highest BCUT2D eigenvalue weighted by molar-refractivity contribution is 5.89. The van der Waals surface area contributed by atoms with Crippen molar-refractivity contribution in [3.63, 3.8) is 0 Å². The molecule has 110 valence electrons. The van der Waals surface area contributed by atoms with Crippen molar-refractivity contribution >= 4 is 11.7 Å². The zero-order chi connectivity index (χ0) is 15.1. The van der Waals surface area contributed by atoms with Gasteiger partial charge in [-0.15, -0.1) is 0 Å². The lowest BCUT2D eigenvalue weighted by Gasteiger charge is -2.10. The number of rotatable bonds is 6. The lowest BCUT2D eigenvalue weighted by Crippen LogP contribution is -2.05. The molecule has 0 unspecified atom stereocenters. The fourth-order valence-corrected chi connectivity index (χ4v) is 2.21. The second-order valence-electron chi connectivity index (χ2n) is 4.77. The molecule has 0 bridgehead atoms. The van der Waals surface area contributed by atoms with Gasteiger partial charge in [-0.3, -0.25) is 0 Å². The van der Waals surface area contributed by atoms with Gasteiger partial charge in [0.2, 0.25) is 0 Å². The highest BCUT2D eigenvalue weighted by Crippen LogP contribution is 2.14. The summed E-state index contributed by atoms with van der Waals surface area (Å²) in [6.07, 6.45) is 1.03. The number of aryl methyl sites for hydroxylation is 1. The van der Waals surface area contributed by atoms with Crippen LogP contribution in [0.25, 0.3) is 0 Å². The molecule has 0 heterocycles. The molecule has 2 aromatic carbocycles. The average Bonchev–Trinajstić information content (AvgIpc) is 2.54. The van der Waals surface area contributed by atoms with Crippen LogP contribution in [0.15, 0.2) is 48.5 Å². The third-order valence-electron chi connectivity index (χ3n) is 3.38. The number of esters is 1. The number of benzene rings is 2. The molecule has 0 saturated carbocycles. The van der Waals surface area contributed by atoms with Crippen molar-refractivity contribution in [1.82, 2.24) is 0 Å². The molecule has 0 fully saturated rings. The topological polar surface area (TPSA) is 38.3 Å². The van der Waals surface area contributed by atoms with Crippen LogP contribution in [-0.2, 0) is 17.7 Å². The van der Waals surface area contributed by atoms with Gasteiger partial charge in [-0.25, -0.2) is 4.79 Å². The predicted molar refractivity (Wildman–Crippen MR) is 85.5 cm³/mol. The molecule has 0 aliphatic carbocycles. The Labute approximate surface area is 126 Å². The zero-order valence-corrected chi connectivity index (χ0v) is 12.6. The standard InChI is InChI=1S/C18H21NO2/c1-3-14-7-5-6-8-16(14)13-19-17-11-9-15(10-12-17)18(20)21-4-2/h5-12,19H,3-4,13H2,1-2H3. The van der Waals surface area contributed by atoms with Crippen molar-refractivity contribution in [2.75, 3.05) is 11.9 Å². The molecule has 0 atom stereocenters. The molecule has 2 rings (SSSR count). The molecule has 0 saturated heterocycles. The van der Waals surface area contributed by atoms with Gasteiger partial charge in [0.05, 0.1) is 12.2 Å². The summed E-state index contributed by atoms with van der Waals surface area (Å²) in [6.45, 7) is 5.14. The number of hydrogen-bond donors (Lipinski definition) is 1. The molecule has 0 aromatic heterocycles. The van der Waals surface area contributed by atoms with E-state index in [-0.39, 0.29) is 5.97 Å². The summed E-state index contributed by atoms with van der Waals surface area (Å²) in [7, 11) is 0. The fourth-order valence-electron chi connectivity index (χ4n) is 2.21. The molecule has 1 N–H and O–H groups in total. The third kappa shape index (κ3) is 4.09. The van der Waals surface area contributed by atoms with E-state index in [1.807, 2.05) is 12.1 Å². The Morgan fingerprint density at radius 1 is 1.00 bits per heavy atom. The summed E-state index contributed by atoms with van der Waals surface area (Å²) >= 11 is 0. The maximum Gasteiger partial charge on any atom is 0.338 e. The molecular formula is C18H21NO2. The summed E-state index contributed by atoms with van der Waals surface area (Å²) in [6, 6.07) is 15.8. The van der Waals surface area contributed by atoms with Gasteiger partial charge in [-0.1, -0.05) is 31.2 Å². The van der Waals surface area contributed by atoms with E-state index >= 15 is 0 Å². The van der Waals surface area contributed by atoms with Crippen molar-refractivity contribution in [2.45, 2.75) is 26.8 Å². The molecule has 21 heavy (non-hydrogen) atoms. The monoisotopic (exact) mass is 283 g/mol. The number of carbonyl (C=O) groups is 1. The van der Waals surface area contributed by atoms with Crippen LogP contribution in [0.4, 0.5) is 5.69 Å². The van der Waals surface area contributed by atoms with Gasteiger partial charge in [-0.05, 0) is 48.7 Å². The molecule has 0 aliphatic heterocycles. The minimum Gasteiger partial charge on any atom is -0.462 e. The maximum atomic E-state index is 11.6. The van der Waals surface area contributed by atoms with E-state index in [0.717, 1.165) is 18.7 Å². The molecule has 0 radical (unpaired) electrons. The summed E-state index contributed by atoms with van der Waals surface area (Å²) in [5, 5.41) is 3.38. The Kier molecular flexibility index (Phi) is 5.38. The van der Waals surface area contributed by atoms with Crippen molar-refractivity contribution in [1.29, 1.82) is 0 Å². The van der Waals surface area contributed by atoms with Crippen LogP contribution in [0.2, 0.25) is 0 Å². The first-order chi connectivity index (χ1) is 10.2. The molecule has 3 nitrogen and oxygen atoms in total. The van der Waals surface area contributed by atoms with Crippen molar-refractivity contribution in [3.8, 4) is 0 Å². The van der Waals surface area contributed by atoms with Gasteiger partial charge in [0.25, 0.3) is 0 Å². The molecule has 3 heteroatoms. The molecule has 0 spiro atoms. The predicted octanol–water partition coefficient (Wildman–Crippen LogP) is 4.04. The van der Waals surface area contributed by atoms with E-state index < -0.39 is 0 Å². The Morgan fingerprint density at radius 3 is 2.29 bits per heavy atom. The number of anilines is 1. The Hall–Kier alpha value is -2.29. The minimum absolute atomic E-state index is 0.277. The van der Waals surface area contributed by atoms with E-state index in [1.165, 1.54) is 11.1 Å². The van der Waals surface area contributed by atoms with Crippen molar-refractivity contribution in [2.24, 2.45) is 0 Å². The van der Waals surface area contributed by atoms with E-state index in [2.05, 4.69) is 36.5 Å². The second-order valence-corrected chi connectivity index (χ2v) is 4.77. The van der Waals surface area contributed by atoms with Gasteiger partial charge in [0.15, 0.2) is 0 Å². The van der Waals surface area contributed by atoms with Gasteiger partial charge >= 0.3 is 5.97 Å².